The highest BCUT2D eigenvalue weighted by atomic mass is 15.2. The van der Waals surface area contributed by atoms with Gasteiger partial charge in [-0.2, -0.15) is 0 Å². The highest BCUT2D eigenvalue weighted by molar-refractivity contribution is 5.01. The summed E-state index contributed by atoms with van der Waals surface area (Å²) in [6, 6.07) is 3.42. The van der Waals surface area contributed by atoms with Gasteiger partial charge in [0.15, 0.2) is 0 Å². The molecule has 298 valence electrons. The number of nitrogens with zero attached hydrogens (tertiary/aromatic N) is 4. The molecule has 4 spiro atoms. The summed E-state index contributed by atoms with van der Waals surface area (Å²) >= 11 is 0. The maximum absolute atomic E-state index is 2.64. The molecule has 4 saturated heterocycles. The van der Waals surface area contributed by atoms with Gasteiger partial charge in [0.05, 0.1) is 0 Å². The first-order chi connectivity index (χ1) is 24.0. The van der Waals surface area contributed by atoms with Crippen molar-refractivity contribution in [1.82, 2.24) is 19.6 Å². The van der Waals surface area contributed by atoms with Crippen LogP contribution >= 0.6 is 0 Å². The van der Waals surface area contributed by atoms with Gasteiger partial charge in [-0.25, -0.2) is 0 Å². The van der Waals surface area contributed by atoms with Crippen LogP contribution in [0.15, 0.2) is 0 Å². The van der Waals surface area contributed by atoms with Gasteiger partial charge in [0, 0.05) is 43.8 Å². The van der Waals surface area contributed by atoms with Crippen molar-refractivity contribution in [3.63, 3.8) is 0 Å². The molecular formula is C47H90N4. The summed E-state index contributed by atoms with van der Waals surface area (Å²) in [7, 11) is 9.26. The maximum Gasteiger partial charge on any atom is 0.0120 e. The lowest BCUT2D eigenvalue weighted by molar-refractivity contribution is -0.0106. The van der Waals surface area contributed by atoms with Crippen LogP contribution in [0.2, 0.25) is 0 Å². The topological polar surface area (TPSA) is 13.0 Å². The molecule has 4 aliphatic carbocycles. The Morgan fingerprint density at radius 3 is 0.961 bits per heavy atom. The fourth-order valence-electron chi connectivity index (χ4n) is 12.6. The van der Waals surface area contributed by atoms with Gasteiger partial charge in [0.1, 0.15) is 0 Å². The van der Waals surface area contributed by atoms with Crippen LogP contribution in [0.4, 0.5) is 0 Å². The Morgan fingerprint density at radius 2 is 0.686 bits per heavy atom. The molecule has 0 aromatic heterocycles. The van der Waals surface area contributed by atoms with Crippen LogP contribution in [0.25, 0.3) is 0 Å². The number of piperidine rings is 4. The molecule has 0 aromatic carbocycles. The van der Waals surface area contributed by atoms with Crippen LogP contribution in [-0.4, -0.2) is 98.1 Å². The van der Waals surface area contributed by atoms with Gasteiger partial charge in [-0.3, -0.25) is 0 Å². The Hall–Kier alpha value is -0.160. The van der Waals surface area contributed by atoms with Crippen LogP contribution in [0.5, 0.6) is 0 Å². The Kier molecular flexibility index (Phi) is 14.3. The lowest BCUT2D eigenvalue weighted by atomic mass is 9.63. The minimum absolute atomic E-state index is 0.736. The normalized spacial score (nSPS) is 33.9. The number of hydrogen-bond donors (Lipinski definition) is 0. The van der Waals surface area contributed by atoms with Gasteiger partial charge in [-0.05, 0) is 183 Å². The van der Waals surface area contributed by atoms with E-state index in [1.54, 1.807) is 0 Å². The number of rotatable bonds is 4. The van der Waals surface area contributed by atoms with E-state index in [2.05, 4.69) is 103 Å². The van der Waals surface area contributed by atoms with Gasteiger partial charge >= 0.3 is 0 Å². The standard InChI is InChI=1S/C13H25N.C12H23N.2C11H21N/c1-11(2)12-6-9-13(10-14(12)3)7-4-5-8-13;1-10(2)11-5-8-12(6-4-7-12)9-13(11)3;1-9(2)10-8-11(4-5-11)6-7-12(10)3;1-9(2)10-4-5-11(6-7-11)8-12(10)3/h11-12H,4-10H2,1-3H3;10-11H,4-9H2,1-3H3;2*9-10H,4-8H2,1-3H3. The van der Waals surface area contributed by atoms with E-state index in [0.29, 0.717) is 0 Å². The minimum atomic E-state index is 0.736. The summed E-state index contributed by atoms with van der Waals surface area (Å²) in [5, 5.41) is 0. The monoisotopic (exact) mass is 711 g/mol. The lowest BCUT2D eigenvalue weighted by Gasteiger charge is -2.52. The SMILES string of the molecule is CC(C)C1CC2(CCN1C)CC2.CC(C)C1CCC2(CC2)CN1C.CC(C)C1CCC2(CCC2)CN1C.CC(C)C1CCC2(CCCC2)CN1C. The minimum Gasteiger partial charge on any atom is -0.303 e. The highest BCUT2D eigenvalue weighted by Gasteiger charge is 2.48. The molecular weight excluding hydrogens is 621 g/mol. The molecule has 0 N–H and O–H groups in total. The summed E-state index contributed by atoms with van der Waals surface area (Å²) in [6.07, 6.45) is 28.3. The molecule has 4 unspecified atom stereocenters. The zero-order valence-corrected chi connectivity index (χ0v) is 36.7. The van der Waals surface area contributed by atoms with Crippen molar-refractivity contribution < 1.29 is 0 Å². The molecule has 4 heteroatoms. The molecule has 4 aliphatic heterocycles. The summed E-state index contributed by atoms with van der Waals surface area (Å²) in [6.45, 7) is 24.3. The van der Waals surface area contributed by atoms with E-state index < -0.39 is 0 Å². The van der Waals surface area contributed by atoms with Gasteiger partial charge in [-0.1, -0.05) is 74.7 Å². The third-order valence-corrected chi connectivity index (χ3v) is 16.6. The van der Waals surface area contributed by atoms with Crippen LogP contribution in [0.3, 0.4) is 0 Å². The average Bonchev–Trinajstić information content (AvgIpc) is 3.95. The van der Waals surface area contributed by atoms with Crippen molar-refractivity contribution in [3.05, 3.63) is 0 Å². The van der Waals surface area contributed by atoms with Crippen molar-refractivity contribution in [2.24, 2.45) is 45.3 Å². The zero-order chi connectivity index (χ0) is 37.2. The summed E-state index contributed by atoms with van der Waals surface area (Å²) in [5.74, 6) is 3.35. The molecule has 8 aliphatic rings. The summed E-state index contributed by atoms with van der Waals surface area (Å²) < 4.78 is 0. The first kappa shape index (κ1) is 42.0. The molecule has 4 atom stereocenters. The van der Waals surface area contributed by atoms with E-state index >= 15 is 0 Å². The lowest BCUT2D eigenvalue weighted by Crippen LogP contribution is -2.51. The Bertz CT molecular complexity index is 1040. The molecule has 0 aromatic rings. The largest absolute Gasteiger partial charge is 0.303 e. The van der Waals surface area contributed by atoms with E-state index in [9.17, 15) is 0 Å². The predicted molar refractivity (Wildman–Crippen MR) is 222 cm³/mol. The molecule has 4 nitrogen and oxygen atoms in total. The fraction of sp³-hybridized carbons (Fsp3) is 1.00. The van der Waals surface area contributed by atoms with Gasteiger partial charge in [0.25, 0.3) is 0 Å². The van der Waals surface area contributed by atoms with Gasteiger partial charge in [0.2, 0.25) is 0 Å². The zero-order valence-electron chi connectivity index (χ0n) is 36.7. The quantitative estimate of drug-likeness (QED) is 0.288. The Labute approximate surface area is 320 Å². The number of likely N-dealkylation sites (tertiary alicyclic amines) is 4. The second-order valence-electron chi connectivity index (χ2n) is 22.1. The second-order valence-corrected chi connectivity index (χ2v) is 22.1. The Balaban J connectivity index is 0.000000132. The van der Waals surface area contributed by atoms with E-state index in [1.165, 1.54) is 148 Å². The van der Waals surface area contributed by atoms with E-state index in [1.807, 2.05) is 0 Å². The van der Waals surface area contributed by atoms with Crippen molar-refractivity contribution in [2.75, 3.05) is 54.4 Å². The Morgan fingerprint density at radius 1 is 0.353 bits per heavy atom. The smallest absolute Gasteiger partial charge is 0.0120 e. The first-order valence-electron chi connectivity index (χ1n) is 22.8. The van der Waals surface area contributed by atoms with Crippen LogP contribution in [-0.2, 0) is 0 Å². The van der Waals surface area contributed by atoms with E-state index in [0.717, 1.165) is 69.5 Å². The van der Waals surface area contributed by atoms with Crippen molar-refractivity contribution in [2.45, 2.75) is 202 Å². The fourth-order valence-corrected chi connectivity index (χ4v) is 12.6. The molecule has 8 rings (SSSR count). The third kappa shape index (κ3) is 10.8. The average molecular weight is 711 g/mol. The molecule has 4 saturated carbocycles. The highest BCUT2D eigenvalue weighted by Crippen LogP contribution is 2.56. The van der Waals surface area contributed by atoms with Gasteiger partial charge in [-0.15, -0.1) is 0 Å². The molecule has 8 fully saturated rings. The first-order valence-corrected chi connectivity index (χ1v) is 22.8. The molecule has 51 heavy (non-hydrogen) atoms. The second kappa shape index (κ2) is 17.3. The molecule has 0 bridgehead atoms. The van der Waals surface area contributed by atoms with Crippen molar-refractivity contribution in [1.29, 1.82) is 0 Å². The molecule has 0 radical (unpaired) electrons. The van der Waals surface area contributed by atoms with Crippen LogP contribution in [0, 0.1) is 45.3 Å². The van der Waals surface area contributed by atoms with Crippen molar-refractivity contribution >= 4 is 0 Å². The van der Waals surface area contributed by atoms with Crippen LogP contribution < -0.4 is 0 Å². The third-order valence-electron chi connectivity index (χ3n) is 16.6. The van der Waals surface area contributed by atoms with E-state index in [4.69, 9.17) is 0 Å². The van der Waals surface area contributed by atoms with E-state index in [-0.39, 0.29) is 0 Å². The summed E-state index contributed by atoms with van der Waals surface area (Å²) in [5.41, 5.74) is 3.11. The summed E-state index contributed by atoms with van der Waals surface area (Å²) in [4.78, 5) is 10.4. The molecule has 4 heterocycles. The number of hydrogen-bond acceptors (Lipinski definition) is 4. The predicted octanol–water partition coefficient (Wildman–Crippen LogP) is 11.2. The molecule has 0 amide bonds. The maximum atomic E-state index is 2.64. The van der Waals surface area contributed by atoms with Crippen molar-refractivity contribution in [3.8, 4) is 0 Å². The van der Waals surface area contributed by atoms with Crippen LogP contribution in [0.1, 0.15) is 177 Å². The van der Waals surface area contributed by atoms with Gasteiger partial charge < -0.3 is 19.6 Å².